The maximum absolute atomic E-state index is 13.1. The van der Waals surface area contributed by atoms with E-state index >= 15 is 0 Å². The van der Waals surface area contributed by atoms with Crippen molar-refractivity contribution in [3.8, 4) is 5.75 Å². The van der Waals surface area contributed by atoms with Crippen molar-refractivity contribution in [3.63, 3.8) is 0 Å². The Bertz CT molecular complexity index is 1720. The van der Waals surface area contributed by atoms with Crippen molar-refractivity contribution in [2.24, 2.45) is 5.92 Å². The van der Waals surface area contributed by atoms with E-state index in [1.54, 1.807) is 44.3 Å². The van der Waals surface area contributed by atoms with Crippen LogP contribution in [-0.2, 0) is 16.1 Å². The molecule has 0 unspecified atom stereocenters. The van der Waals surface area contributed by atoms with Crippen LogP contribution in [0.2, 0.25) is 0 Å². The number of rotatable bonds is 13. The molecule has 1 fully saturated rings. The molecular weight excluding hydrogens is 632 g/mol. The summed E-state index contributed by atoms with van der Waals surface area (Å²) in [5, 5.41) is 16.5. The summed E-state index contributed by atoms with van der Waals surface area (Å²) in [6, 6.07) is 9.38. The van der Waals surface area contributed by atoms with Gasteiger partial charge in [-0.1, -0.05) is 57.2 Å². The van der Waals surface area contributed by atoms with Crippen molar-refractivity contribution in [2.45, 2.75) is 53.0 Å². The fourth-order valence-electron chi connectivity index (χ4n) is 4.52. The first-order chi connectivity index (χ1) is 23.5. The highest BCUT2D eigenvalue weighted by atomic mass is 19.3. The van der Waals surface area contributed by atoms with Crippen LogP contribution in [0.1, 0.15) is 73.8 Å². The maximum atomic E-state index is 13.1. The van der Waals surface area contributed by atoms with Gasteiger partial charge in [-0.25, -0.2) is 8.78 Å². The smallest absolute Gasteiger partial charge is 0.273 e. The van der Waals surface area contributed by atoms with Gasteiger partial charge in [0.2, 0.25) is 11.8 Å². The number of nitrogens with one attached hydrogen (secondary N) is 3. The lowest BCUT2D eigenvalue weighted by Gasteiger charge is -2.18. The molecule has 49 heavy (non-hydrogen) atoms. The van der Waals surface area contributed by atoms with Crippen LogP contribution in [0.25, 0.3) is 5.57 Å². The minimum Gasteiger partial charge on any atom is -0.494 e. The molecule has 3 amide bonds. The Morgan fingerprint density at radius 2 is 1.82 bits per heavy atom. The van der Waals surface area contributed by atoms with Gasteiger partial charge in [0, 0.05) is 49.0 Å². The third kappa shape index (κ3) is 10.5. The molecule has 0 spiro atoms. The van der Waals surface area contributed by atoms with Gasteiger partial charge in [0.05, 0.1) is 30.7 Å². The van der Waals surface area contributed by atoms with E-state index in [4.69, 9.17) is 4.74 Å². The summed E-state index contributed by atoms with van der Waals surface area (Å²) in [5.41, 5.74) is 2.62. The number of methoxy groups -OCH3 is 1. The van der Waals surface area contributed by atoms with E-state index in [9.17, 15) is 23.2 Å². The lowest BCUT2D eigenvalue weighted by molar-refractivity contribution is -0.126. The van der Waals surface area contributed by atoms with E-state index in [0.717, 1.165) is 12.8 Å². The summed E-state index contributed by atoms with van der Waals surface area (Å²) in [6.45, 7) is 9.87. The molecule has 1 aliphatic carbocycles. The molecule has 3 N–H and O–H groups in total. The molecule has 260 valence electrons. The second-order valence-electron chi connectivity index (χ2n) is 11.3. The van der Waals surface area contributed by atoms with Gasteiger partial charge in [-0.2, -0.15) is 0 Å². The van der Waals surface area contributed by atoms with Crippen molar-refractivity contribution in [1.29, 1.82) is 0 Å². The minimum atomic E-state index is -2.63. The molecule has 2 aromatic heterocycles. The monoisotopic (exact) mass is 675 g/mol. The summed E-state index contributed by atoms with van der Waals surface area (Å²) in [7, 11) is 4.53. The highest BCUT2D eigenvalue weighted by Gasteiger charge is 2.30. The normalized spacial score (nSPS) is 12.8. The predicted molar refractivity (Wildman–Crippen MR) is 187 cm³/mol. The Balaban J connectivity index is 0.00000209. The maximum Gasteiger partial charge on any atom is 0.273 e. The topological polar surface area (TPSA) is 138 Å². The van der Waals surface area contributed by atoms with Gasteiger partial charge in [-0.15, -0.1) is 10.2 Å². The Morgan fingerprint density at radius 3 is 2.43 bits per heavy atom. The van der Waals surface area contributed by atoms with Crippen LogP contribution in [0.5, 0.6) is 5.75 Å². The number of allylic oxidation sites excluding steroid dienone is 4. The van der Waals surface area contributed by atoms with Crippen LogP contribution in [0, 0.1) is 5.92 Å². The first kappa shape index (κ1) is 38.0. The highest BCUT2D eigenvalue weighted by molar-refractivity contribution is 6.00. The molecule has 13 heteroatoms. The number of halogens is 2. The molecule has 0 saturated heterocycles. The zero-order valence-electron chi connectivity index (χ0n) is 28.6. The van der Waals surface area contributed by atoms with Crippen molar-refractivity contribution in [1.82, 2.24) is 25.4 Å². The van der Waals surface area contributed by atoms with E-state index in [2.05, 4.69) is 51.6 Å². The van der Waals surface area contributed by atoms with Crippen LogP contribution in [0.3, 0.4) is 0 Å². The first-order valence-corrected chi connectivity index (χ1v) is 15.8. The van der Waals surface area contributed by atoms with Crippen molar-refractivity contribution in [2.75, 3.05) is 31.8 Å². The fourth-order valence-corrected chi connectivity index (χ4v) is 4.52. The number of aromatic nitrogens is 3. The summed E-state index contributed by atoms with van der Waals surface area (Å²) in [6.07, 6.45) is 6.50. The molecule has 1 aromatic carbocycles. The Morgan fingerprint density at radius 1 is 1.10 bits per heavy atom. The second-order valence-corrected chi connectivity index (χ2v) is 11.3. The van der Waals surface area contributed by atoms with Crippen molar-refractivity contribution < 1.29 is 27.9 Å². The third-order valence-corrected chi connectivity index (χ3v) is 7.14. The zero-order chi connectivity index (χ0) is 36.1. The lowest BCUT2D eigenvalue weighted by atomic mass is 10.0. The zero-order valence-corrected chi connectivity index (χ0v) is 28.6. The number of hydrogen-bond acceptors (Lipinski definition) is 8. The first-order valence-electron chi connectivity index (χ1n) is 15.8. The van der Waals surface area contributed by atoms with Crippen molar-refractivity contribution >= 4 is 40.5 Å². The largest absolute Gasteiger partial charge is 0.494 e. The molecule has 2 heterocycles. The van der Waals surface area contributed by atoms with Gasteiger partial charge in [-0.05, 0) is 43.5 Å². The van der Waals surface area contributed by atoms with E-state index < -0.39 is 12.3 Å². The molecule has 0 bridgehead atoms. The number of anilines is 3. The number of ether oxygens (including phenoxy) is 1. The summed E-state index contributed by atoms with van der Waals surface area (Å²) in [4.78, 5) is 43.4. The summed E-state index contributed by atoms with van der Waals surface area (Å²) >= 11 is 0. The van der Waals surface area contributed by atoms with Crippen LogP contribution < -0.4 is 20.7 Å². The number of carbonyl (C=O) groups excluding carboxylic acids is 3. The average molecular weight is 676 g/mol. The molecule has 3 aromatic rings. The number of benzene rings is 1. The van der Waals surface area contributed by atoms with Crippen LogP contribution >= 0.6 is 0 Å². The summed E-state index contributed by atoms with van der Waals surface area (Å²) < 4.78 is 31.9. The minimum absolute atomic E-state index is 0.0104. The molecule has 1 saturated carbocycles. The molecule has 11 nitrogen and oxygen atoms in total. The Kier molecular flexibility index (Phi) is 14.1. The van der Waals surface area contributed by atoms with E-state index in [0.29, 0.717) is 33.8 Å². The highest BCUT2D eigenvalue weighted by Crippen LogP contribution is 2.37. The number of hydrogen-bond donors (Lipinski definition) is 3. The number of amides is 3. The molecule has 4 rings (SSSR count). The number of nitrogens with zero attached hydrogens (tertiary/aromatic N) is 4. The predicted octanol–water partition coefficient (Wildman–Crippen LogP) is 6.86. The SMILES string of the molecule is C=C/C(=C\C=C(/C)C(=O)N(C)Cc1cc(C(F)F)ccn1)c1cccc(Nc2cc(NC(=O)C3CC3)nnc2C(=O)NC)c1OC.CCC. The van der Waals surface area contributed by atoms with Gasteiger partial charge in [-0.3, -0.25) is 19.4 Å². The van der Waals surface area contributed by atoms with Crippen LogP contribution in [-0.4, -0.2) is 59.0 Å². The number of likely N-dealkylation sites (N-methyl/N-ethyl adjacent to an activating group) is 1. The number of alkyl halides is 2. The molecular formula is C36H43F2N7O4. The molecule has 1 aliphatic rings. The quantitative estimate of drug-likeness (QED) is 0.132. The lowest BCUT2D eigenvalue weighted by Crippen LogP contribution is -2.27. The van der Waals surface area contributed by atoms with Crippen molar-refractivity contribution in [3.05, 3.63) is 95.5 Å². The summed E-state index contributed by atoms with van der Waals surface area (Å²) in [5.74, 6) is -0.391. The number of pyridine rings is 1. The third-order valence-electron chi connectivity index (χ3n) is 7.14. The van der Waals surface area contributed by atoms with Gasteiger partial charge >= 0.3 is 0 Å². The number of carbonyl (C=O) groups is 3. The molecule has 0 atom stereocenters. The second kappa shape index (κ2) is 18.2. The van der Waals surface area contributed by atoms with Crippen LogP contribution in [0.4, 0.5) is 26.0 Å². The van der Waals surface area contributed by atoms with E-state index in [-0.39, 0.29) is 47.0 Å². The average Bonchev–Trinajstić information content (AvgIpc) is 3.94. The van der Waals surface area contributed by atoms with Gasteiger partial charge < -0.3 is 25.6 Å². The Hall–Kier alpha value is -5.46. The van der Waals surface area contributed by atoms with Crippen LogP contribution in [0.15, 0.2) is 73.0 Å². The standard InChI is InChI=1S/C33H35F2N7O4.C3H8/c1-6-20(11-10-19(2)33(45)42(4)18-23-16-22(30(34)35)14-15-37-23)24-8-7-9-25(29(24)46-5)38-26-17-27(39-31(43)21-12-13-21)40-41-28(26)32(44)36-3;1-3-2/h6-11,14-17,21,30H,1,12-13,18H2,2-5H3,(H,36,44)(H2,38,39,40,43);3H2,1-2H3/b19-10+,20-11+;. The van der Waals surface area contributed by atoms with Gasteiger partial charge in [0.25, 0.3) is 12.3 Å². The molecule has 0 radical (unpaired) electrons. The fraction of sp³-hybridized carbons (Fsp3) is 0.333. The Labute approximate surface area is 285 Å². The van der Waals surface area contributed by atoms with Gasteiger partial charge in [0.15, 0.2) is 11.5 Å². The van der Waals surface area contributed by atoms with E-state index in [1.165, 1.54) is 49.9 Å². The number of para-hydroxylation sites is 1. The van der Waals surface area contributed by atoms with E-state index in [1.807, 2.05) is 6.07 Å². The molecule has 0 aliphatic heterocycles. The van der Waals surface area contributed by atoms with Gasteiger partial charge in [0.1, 0.15) is 5.75 Å².